The fraction of sp³-hybridized carbons (Fsp3) is 0.154. The summed E-state index contributed by atoms with van der Waals surface area (Å²) < 4.78 is 4.77. The van der Waals surface area contributed by atoms with Crippen molar-refractivity contribution >= 4 is 34.7 Å². The molecule has 3 aromatic carbocycles. The minimum absolute atomic E-state index is 0.0695. The van der Waals surface area contributed by atoms with Crippen LogP contribution in [0.5, 0.6) is 5.75 Å². The van der Waals surface area contributed by atoms with Crippen molar-refractivity contribution in [2.45, 2.75) is 20.8 Å². The second-order valence-electron chi connectivity index (χ2n) is 7.92. The third kappa shape index (κ3) is 4.25. The number of nitrogens with one attached hydrogen (secondary N) is 1. The maximum Gasteiger partial charge on any atom is 0.337 e. The topological polar surface area (TPSA) is 104 Å². The Kier molecular flexibility index (Phi) is 6.14. The van der Waals surface area contributed by atoms with Gasteiger partial charge in [-0.1, -0.05) is 30.3 Å². The van der Waals surface area contributed by atoms with Crippen LogP contribution in [0.1, 0.15) is 28.4 Å². The number of aryl methyl sites for hydroxylation is 2. The first-order chi connectivity index (χ1) is 16.3. The van der Waals surface area contributed by atoms with Crippen LogP contribution < -0.4 is 10.4 Å². The molecule has 3 aromatic rings. The number of esters is 1. The zero-order valence-electron chi connectivity index (χ0n) is 19.3. The number of hydrogen-bond acceptors (Lipinski definition) is 7. The Morgan fingerprint density at radius 3 is 2.53 bits per heavy atom. The highest BCUT2D eigenvalue weighted by molar-refractivity contribution is 6.71. The molecule has 0 fully saturated rings. The molecule has 0 spiro atoms. The molecule has 0 saturated carbocycles. The normalized spacial score (nSPS) is 14.4. The summed E-state index contributed by atoms with van der Waals surface area (Å²) in [5.74, 6) is -0.903. The SMILES string of the molecule is COC(=O)c1cccc(-c2cccc(N/N=C3\C(=O)N(c4ccc(C)c(C)c4)N=C3C)c2O)c1. The number of phenolic OH excluding ortho intramolecular Hbond substituents is 1. The molecule has 4 rings (SSSR count). The minimum Gasteiger partial charge on any atom is -0.505 e. The maximum absolute atomic E-state index is 13.0. The van der Waals surface area contributed by atoms with Crippen LogP contribution in [-0.4, -0.2) is 35.5 Å². The van der Waals surface area contributed by atoms with Gasteiger partial charge in [-0.15, -0.1) is 0 Å². The summed E-state index contributed by atoms with van der Waals surface area (Å²) in [6.45, 7) is 5.68. The molecule has 0 bridgehead atoms. The number of carbonyl (C=O) groups is 2. The molecule has 0 unspecified atom stereocenters. The molecule has 0 aliphatic carbocycles. The predicted octanol–water partition coefficient (Wildman–Crippen LogP) is 4.65. The van der Waals surface area contributed by atoms with Crippen LogP contribution in [0.2, 0.25) is 0 Å². The van der Waals surface area contributed by atoms with Gasteiger partial charge >= 0.3 is 11.9 Å². The fourth-order valence-electron chi connectivity index (χ4n) is 3.57. The number of carbonyl (C=O) groups excluding carboxylic acids is 2. The zero-order valence-corrected chi connectivity index (χ0v) is 19.3. The first kappa shape index (κ1) is 22.7. The van der Waals surface area contributed by atoms with Gasteiger partial charge in [0, 0.05) is 5.56 Å². The van der Waals surface area contributed by atoms with Crippen molar-refractivity contribution in [1.82, 2.24) is 0 Å². The molecular formula is C26H24N4O4. The summed E-state index contributed by atoms with van der Waals surface area (Å²) in [5.41, 5.74) is 8.03. The van der Waals surface area contributed by atoms with Gasteiger partial charge < -0.3 is 9.84 Å². The lowest BCUT2D eigenvalue weighted by Gasteiger charge is -2.13. The number of para-hydroxylation sites is 1. The number of hydrazone groups is 2. The Balaban J connectivity index is 1.60. The number of rotatable bonds is 5. The molecule has 1 heterocycles. The maximum atomic E-state index is 13.0. The quantitative estimate of drug-likeness (QED) is 0.330. The van der Waals surface area contributed by atoms with Gasteiger partial charge in [-0.05, 0) is 67.8 Å². The smallest absolute Gasteiger partial charge is 0.337 e. The van der Waals surface area contributed by atoms with E-state index in [0.29, 0.717) is 33.8 Å². The summed E-state index contributed by atoms with van der Waals surface area (Å²) in [6, 6.07) is 17.5. The summed E-state index contributed by atoms with van der Waals surface area (Å²) in [6.07, 6.45) is 0. The Hall–Kier alpha value is -4.46. The van der Waals surface area contributed by atoms with Crippen LogP contribution in [0.4, 0.5) is 11.4 Å². The number of methoxy groups -OCH3 is 1. The number of ether oxygens (including phenoxy) is 1. The van der Waals surface area contributed by atoms with Gasteiger partial charge in [0.2, 0.25) is 0 Å². The Labute approximate surface area is 197 Å². The number of anilines is 2. The zero-order chi connectivity index (χ0) is 24.4. The van der Waals surface area contributed by atoms with Gasteiger partial charge in [0.15, 0.2) is 5.71 Å². The summed E-state index contributed by atoms with van der Waals surface area (Å²) in [4.78, 5) is 24.8. The average Bonchev–Trinajstić information content (AvgIpc) is 3.12. The van der Waals surface area contributed by atoms with E-state index in [9.17, 15) is 14.7 Å². The molecule has 0 saturated heterocycles. The van der Waals surface area contributed by atoms with Gasteiger partial charge in [0.25, 0.3) is 0 Å². The van der Waals surface area contributed by atoms with E-state index in [2.05, 4.69) is 15.6 Å². The number of benzene rings is 3. The molecule has 8 heteroatoms. The van der Waals surface area contributed by atoms with E-state index in [1.165, 1.54) is 12.1 Å². The Bertz CT molecular complexity index is 1360. The third-order valence-electron chi connectivity index (χ3n) is 5.64. The van der Waals surface area contributed by atoms with Gasteiger partial charge in [-0.2, -0.15) is 15.2 Å². The monoisotopic (exact) mass is 456 g/mol. The van der Waals surface area contributed by atoms with E-state index in [1.807, 2.05) is 32.0 Å². The average molecular weight is 457 g/mol. The van der Waals surface area contributed by atoms with Crippen molar-refractivity contribution in [2.24, 2.45) is 10.2 Å². The highest BCUT2D eigenvalue weighted by Gasteiger charge is 2.31. The minimum atomic E-state index is -0.468. The summed E-state index contributed by atoms with van der Waals surface area (Å²) in [7, 11) is 1.31. The molecule has 0 aromatic heterocycles. The lowest BCUT2D eigenvalue weighted by atomic mass is 10.0. The second-order valence-corrected chi connectivity index (χ2v) is 7.92. The van der Waals surface area contributed by atoms with Gasteiger partial charge in [0.05, 0.1) is 29.8 Å². The number of phenols is 1. The largest absolute Gasteiger partial charge is 0.505 e. The first-order valence-electron chi connectivity index (χ1n) is 10.6. The highest BCUT2D eigenvalue weighted by atomic mass is 16.5. The van der Waals surface area contributed by atoms with Gasteiger partial charge in [0.1, 0.15) is 5.75 Å². The van der Waals surface area contributed by atoms with Crippen molar-refractivity contribution in [1.29, 1.82) is 0 Å². The molecule has 0 radical (unpaired) electrons. The molecule has 1 amide bonds. The van der Waals surface area contributed by atoms with Crippen molar-refractivity contribution < 1.29 is 19.4 Å². The molecule has 1 aliphatic heterocycles. The molecule has 172 valence electrons. The van der Waals surface area contributed by atoms with E-state index in [1.54, 1.807) is 49.4 Å². The van der Waals surface area contributed by atoms with E-state index >= 15 is 0 Å². The standard InChI is InChI=1S/C26H24N4O4/c1-15-11-12-20(13-16(15)2)30-25(32)23(17(3)29-30)28-27-22-10-6-9-21(24(22)31)18-7-5-8-19(14-18)26(33)34-4/h5-14,27,31H,1-4H3/b28-23-. The molecule has 0 atom stereocenters. The van der Waals surface area contributed by atoms with E-state index in [0.717, 1.165) is 11.1 Å². The molecule has 34 heavy (non-hydrogen) atoms. The van der Waals surface area contributed by atoms with Crippen LogP contribution in [0.25, 0.3) is 11.1 Å². The number of hydrogen-bond donors (Lipinski definition) is 2. The van der Waals surface area contributed by atoms with Gasteiger partial charge in [-0.3, -0.25) is 10.2 Å². The van der Waals surface area contributed by atoms with E-state index < -0.39 is 5.97 Å². The summed E-state index contributed by atoms with van der Waals surface area (Å²) in [5, 5.41) is 20.7. The van der Waals surface area contributed by atoms with Gasteiger partial charge in [-0.25, -0.2) is 4.79 Å². The van der Waals surface area contributed by atoms with Crippen molar-refractivity contribution in [3.8, 4) is 16.9 Å². The third-order valence-corrected chi connectivity index (χ3v) is 5.64. The summed E-state index contributed by atoms with van der Waals surface area (Å²) >= 11 is 0. The number of nitrogens with zero attached hydrogens (tertiary/aromatic N) is 3. The molecular weight excluding hydrogens is 432 g/mol. The van der Waals surface area contributed by atoms with Crippen LogP contribution in [0.3, 0.4) is 0 Å². The lowest BCUT2D eigenvalue weighted by Crippen LogP contribution is -2.28. The van der Waals surface area contributed by atoms with Crippen LogP contribution in [-0.2, 0) is 9.53 Å². The van der Waals surface area contributed by atoms with E-state index in [4.69, 9.17) is 4.74 Å². The number of amides is 1. The van der Waals surface area contributed by atoms with E-state index in [-0.39, 0.29) is 17.4 Å². The van der Waals surface area contributed by atoms with Crippen molar-refractivity contribution in [3.05, 3.63) is 77.4 Å². The Morgan fingerprint density at radius 1 is 1.03 bits per heavy atom. The van der Waals surface area contributed by atoms with Crippen LogP contribution >= 0.6 is 0 Å². The van der Waals surface area contributed by atoms with Crippen LogP contribution in [0.15, 0.2) is 70.9 Å². The Morgan fingerprint density at radius 2 is 1.79 bits per heavy atom. The predicted molar refractivity (Wildman–Crippen MR) is 132 cm³/mol. The highest BCUT2D eigenvalue weighted by Crippen LogP contribution is 2.36. The van der Waals surface area contributed by atoms with Crippen LogP contribution in [0, 0.1) is 13.8 Å². The van der Waals surface area contributed by atoms with Crippen molar-refractivity contribution in [3.63, 3.8) is 0 Å². The lowest BCUT2D eigenvalue weighted by molar-refractivity contribution is -0.112. The second kappa shape index (κ2) is 9.19. The van der Waals surface area contributed by atoms with Crippen molar-refractivity contribution in [2.75, 3.05) is 17.5 Å². The molecule has 8 nitrogen and oxygen atoms in total. The molecule has 1 aliphatic rings. The molecule has 2 N–H and O–H groups in total. The first-order valence-corrected chi connectivity index (χ1v) is 10.6. The fourth-order valence-corrected chi connectivity index (χ4v) is 3.57. The number of aromatic hydroxyl groups is 1.